The van der Waals surface area contributed by atoms with Gasteiger partial charge in [0.25, 0.3) is 0 Å². The Morgan fingerprint density at radius 2 is 1.55 bits per heavy atom. The number of hydrogen-bond donors (Lipinski definition) is 1. The Hall–Kier alpha value is -3.36. The fourth-order valence-corrected chi connectivity index (χ4v) is 4.13. The third-order valence-electron chi connectivity index (χ3n) is 5.88. The summed E-state index contributed by atoms with van der Waals surface area (Å²) in [6.07, 6.45) is 1.73. The number of carbonyl (C=O) groups is 2. The molecule has 0 heterocycles. The quantitative estimate of drug-likeness (QED) is 0.209. The number of ether oxygens (including phenoxy) is 3. The summed E-state index contributed by atoms with van der Waals surface area (Å²) >= 11 is 3.39. The number of amides is 1. The number of nitrogens with zero attached hydrogens (tertiary/aromatic N) is 1. The Morgan fingerprint density at radius 3 is 2.21 bits per heavy atom. The Labute approximate surface area is 232 Å². The molecule has 0 radical (unpaired) electrons. The van der Waals surface area contributed by atoms with E-state index in [9.17, 15) is 14.7 Å². The first-order valence-electron chi connectivity index (χ1n) is 12.8. The predicted octanol–water partition coefficient (Wildman–Crippen LogP) is 6.38. The summed E-state index contributed by atoms with van der Waals surface area (Å²) < 4.78 is 17.7. The van der Waals surface area contributed by atoms with Gasteiger partial charge in [-0.25, -0.2) is 9.59 Å². The van der Waals surface area contributed by atoms with Gasteiger partial charge in [-0.3, -0.25) is 0 Å². The molecule has 1 N–H and O–H groups in total. The number of aryl methyl sites for hydroxylation is 1. The first-order chi connectivity index (χ1) is 18.4. The normalized spacial score (nSPS) is 11.5. The number of carbonyl (C=O) groups excluding carboxylic acids is 1. The minimum atomic E-state index is -0.981. The highest BCUT2D eigenvalue weighted by Crippen LogP contribution is 2.18. The van der Waals surface area contributed by atoms with Crippen LogP contribution in [0, 0.1) is 0 Å². The van der Waals surface area contributed by atoms with Crippen molar-refractivity contribution in [3.05, 3.63) is 94.5 Å². The average molecular weight is 585 g/mol. The molecule has 0 spiro atoms. The third-order valence-corrected chi connectivity index (χ3v) is 6.41. The number of carboxylic acids is 1. The van der Waals surface area contributed by atoms with Crippen molar-refractivity contribution < 1.29 is 28.9 Å². The molecule has 7 nitrogen and oxygen atoms in total. The van der Waals surface area contributed by atoms with Crippen molar-refractivity contribution in [1.29, 1.82) is 0 Å². The van der Waals surface area contributed by atoms with Gasteiger partial charge >= 0.3 is 12.1 Å². The van der Waals surface area contributed by atoms with Crippen molar-refractivity contribution >= 4 is 28.0 Å². The number of rotatable bonds is 15. The first-order valence-corrected chi connectivity index (χ1v) is 13.6. The predicted molar refractivity (Wildman–Crippen MR) is 150 cm³/mol. The van der Waals surface area contributed by atoms with Crippen LogP contribution in [-0.4, -0.2) is 54.5 Å². The van der Waals surface area contributed by atoms with Crippen LogP contribution in [0.5, 0.6) is 11.5 Å². The minimum Gasteiger partial charge on any atom is -0.492 e. The summed E-state index contributed by atoms with van der Waals surface area (Å²) in [5.41, 5.74) is 2.12. The highest BCUT2D eigenvalue weighted by Gasteiger charge is 2.18. The van der Waals surface area contributed by atoms with Gasteiger partial charge < -0.3 is 24.2 Å². The fourth-order valence-electron chi connectivity index (χ4n) is 3.87. The maximum absolute atomic E-state index is 12.9. The van der Waals surface area contributed by atoms with Crippen LogP contribution in [0.2, 0.25) is 0 Å². The summed E-state index contributed by atoms with van der Waals surface area (Å²) in [6, 6.07) is 24.7. The number of benzene rings is 3. The largest absolute Gasteiger partial charge is 0.492 e. The molecule has 3 aromatic carbocycles. The van der Waals surface area contributed by atoms with E-state index in [1.54, 1.807) is 36.1 Å². The number of aliphatic carboxylic acids is 1. The van der Waals surface area contributed by atoms with Crippen LogP contribution in [0.3, 0.4) is 0 Å². The van der Waals surface area contributed by atoms with Crippen LogP contribution in [0.4, 0.5) is 4.79 Å². The standard InChI is InChI=1S/C30H34BrNO6/c1-2-36-28(29(33)34)22-24-11-15-26(16-12-24)37-21-20-32(19-7-6-10-23-8-4-3-5-9-23)30(35)38-27-17-13-25(31)14-18-27/h3-5,8-9,11-18,28H,2,6-7,10,19-22H2,1H3,(H,33,34). The summed E-state index contributed by atoms with van der Waals surface area (Å²) in [5.74, 6) is 0.143. The molecule has 202 valence electrons. The van der Waals surface area contributed by atoms with E-state index in [1.165, 1.54) is 5.56 Å². The number of halogens is 1. The Kier molecular flexibility index (Phi) is 12.1. The van der Waals surface area contributed by atoms with Crippen LogP contribution in [0.25, 0.3) is 0 Å². The van der Waals surface area contributed by atoms with Gasteiger partial charge in [-0.2, -0.15) is 0 Å². The fraction of sp³-hybridized carbons (Fsp3) is 0.333. The van der Waals surface area contributed by atoms with E-state index < -0.39 is 18.2 Å². The molecular weight excluding hydrogens is 550 g/mol. The molecular formula is C30H34BrNO6. The lowest BCUT2D eigenvalue weighted by atomic mass is 10.1. The van der Waals surface area contributed by atoms with E-state index in [0.29, 0.717) is 37.8 Å². The summed E-state index contributed by atoms with van der Waals surface area (Å²) in [7, 11) is 0. The van der Waals surface area contributed by atoms with Crippen molar-refractivity contribution in [3.63, 3.8) is 0 Å². The molecule has 0 aliphatic heterocycles. The van der Waals surface area contributed by atoms with Crippen molar-refractivity contribution in [2.24, 2.45) is 0 Å². The molecule has 8 heteroatoms. The molecule has 0 fully saturated rings. The van der Waals surface area contributed by atoms with Crippen molar-refractivity contribution in [2.45, 2.75) is 38.7 Å². The summed E-state index contributed by atoms with van der Waals surface area (Å²) in [5, 5.41) is 9.28. The lowest BCUT2D eigenvalue weighted by Crippen LogP contribution is -2.37. The Bertz CT molecular complexity index is 1120. The van der Waals surface area contributed by atoms with E-state index >= 15 is 0 Å². The minimum absolute atomic E-state index is 0.280. The van der Waals surface area contributed by atoms with E-state index in [-0.39, 0.29) is 6.42 Å². The second-order valence-electron chi connectivity index (χ2n) is 8.73. The molecule has 38 heavy (non-hydrogen) atoms. The molecule has 1 amide bonds. The lowest BCUT2D eigenvalue weighted by Gasteiger charge is -2.22. The smallest absolute Gasteiger partial charge is 0.415 e. The van der Waals surface area contributed by atoms with Crippen LogP contribution in [0.1, 0.15) is 30.9 Å². The third kappa shape index (κ3) is 10.2. The molecule has 1 atom stereocenters. The van der Waals surface area contributed by atoms with Crippen LogP contribution in [-0.2, 0) is 22.4 Å². The first kappa shape index (κ1) is 29.2. The molecule has 0 aliphatic rings. The zero-order valence-corrected chi connectivity index (χ0v) is 23.1. The SMILES string of the molecule is CCOC(Cc1ccc(OCCN(CCCCc2ccccc2)C(=O)Oc2ccc(Br)cc2)cc1)C(=O)O. The number of hydrogen-bond acceptors (Lipinski definition) is 5. The van der Waals surface area contributed by atoms with Gasteiger partial charge in [-0.05, 0) is 73.7 Å². The second-order valence-corrected chi connectivity index (χ2v) is 9.65. The van der Waals surface area contributed by atoms with Gasteiger partial charge in [0.15, 0.2) is 6.10 Å². The molecule has 3 rings (SSSR count). The highest BCUT2D eigenvalue weighted by molar-refractivity contribution is 9.10. The van der Waals surface area contributed by atoms with Crippen molar-refractivity contribution in [2.75, 3.05) is 26.3 Å². The Morgan fingerprint density at radius 1 is 0.868 bits per heavy atom. The van der Waals surface area contributed by atoms with E-state index in [2.05, 4.69) is 28.1 Å². The maximum atomic E-state index is 12.9. The zero-order valence-electron chi connectivity index (χ0n) is 21.6. The maximum Gasteiger partial charge on any atom is 0.415 e. The molecule has 3 aromatic rings. The van der Waals surface area contributed by atoms with Crippen LogP contribution in [0.15, 0.2) is 83.3 Å². The number of unbranched alkanes of at least 4 members (excludes halogenated alkanes) is 1. The molecule has 0 saturated carbocycles. The number of carboxylic acid groups (broad SMARTS) is 1. The summed E-state index contributed by atoms with van der Waals surface area (Å²) in [4.78, 5) is 25.9. The Balaban J connectivity index is 1.53. The van der Waals surface area contributed by atoms with Gasteiger partial charge in [-0.1, -0.05) is 58.4 Å². The average Bonchev–Trinajstić information content (AvgIpc) is 2.92. The van der Waals surface area contributed by atoms with Crippen molar-refractivity contribution in [1.82, 2.24) is 4.90 Å². The molecule has 0 bridgehead atoms. The van der Waals surface area contributed by atoms with E-state index in [4.69, 9.17) is 14.2 Å². The lowest BCUT2D eigenvalue weighted by molar-refractivity contribution is -0.149. The van der Waals surface area contributed by atoms with Crippen molar-refractivity contribution in [3.8, 4) is 11.5 Å². The van der Waals surface area contributed by atoms with E-state index in [0.717, 1.165) is 29.3 Å². The van der Waals surface area contributed by atoms with Gasteiger partial charge in [0.05, 0.1) is 6.54 Å². The van der Waals surface area contributed by atoms with Gasteiger partial charge in [-0.15, -0.1) is 0 Å². The highest BCUT2D eigenvalue weighted by atomic mass is 79.9. The zero-order chi connectivity index (χ0) is 27.2. The molecule has 1 unspecified atom stereocenters. The topological polar surface area (TPSA) is 85.3 Å². The van der Waals surface area contributed by atoms with Gasteiger partial charge in [0.2, 0.25) is 0 Å². The summed E-state index contributed by atoms with van der Waals surface area (Å²) in [6.45, 7) is 3.33. The van der Waals surface area contributed by atoms with Crippen LogP contribution >= 0.6 is 15.9 Å². The monoisotopic (exact) mass is 583 g/mol. The molecule has 0 aromatic heterocycles. The molecule has 0 aliphatic carbocycles. The van der Waals surface area contributed by atoms with Gasteiger partial charge in [0, 0.05) is 24.0 Å². The van der Waals surface area contributed by atoms with E-state index in [1.807, 2.05) is 42.5 Å². The van der Waals surface area contributed by atoms with Gasteiger partial charge in [0.1, 0.15) is 18.1 Å². The molecule has 0 saturated heterocycles. The van der Waals surface area contributed by atoms with Crippen LogP contribution < -0.4 is 9.47 Å². The second kappa shape index (κ2) is 15.8.